The maximum atomic E-state index is 5.08. The Bertz CT molecular complexity index is 313. The van der Waals surface area contributed by atoms with Crippen molar-refractivity contribution >= 4 is 0 Å². The number of hydrogen-bond donors (Lipinski definition) is 1. The number of aryl methyl sites for hydroxylation is 1. The summed E-state index contributed by atoms with van der Waals surface area (Å²) in [4.78, 5) is 2.47. The van der Waals surface area contributed by atoms with Gasteiger partial charge in [-0.05, 0) is 20.8 Å². The van der Waals surface area contributed by atoms with E-state index in [1.165, 1.54) is 0 Å². The van der Waals surface area contributed by atoms with Crippen LogP contribution in [0.25, 0.3) is 0 Å². The van der Waals surface area contributed by atoms with Gasteiger partial charge in [-0.1, -0.05) is 5.16 Å². The third kappa shape index (κ3) is 2.38. The molecule has 1 aliphatic rings. The number of rotatable bonds is 2. The quantitative estimate of drug-likeness (QED) is 0.793. The van der Waals surface area contributed by atoms with Crippen LogP contribution in [0.5, 0.6) is 0 Å². The summed E-state index contributed by atoms with van der Waals surface area (Å²) in [5.74, 6) is 0.889. The van der Waals surface area contributed by atoms with Crippen molar-refractivity contribution in [3.05, 3.63) is 17.5 Å². The smallest absolute Gasteiger partial charge is 0.133 e. The molecule has 1 aromatic rings. The van der Waals surface area contributed by atoms with E-state index < -0.39 is 0 Å². The zero-order valence-corrected chi connectivity index (χ0v) is 9.66. The largest absolute Gasteiger partial charge is 0.361 e. The van der Waals surface area contributed by atoms with E-state index in [4.69, 9.17) is 4.52 Å². The second kappa shape index (κ2) is 4.33. The van der Waals surface area contributed by atoms with E-state index >= 15 is 0 Å². The molecule has 2 rings (SSSR count). The van der Waals surface area contributed by atoms with E-state index in [9.17, 15) is 0 Å². The second-order valence-corrected chi connectivity index (χ2v) is 4.46. The lowest BCUT2D eigenvalue weighted by molar-refractivity contribution is 0.106. The second-order valence-electron chi connectivity index (χ2n) is 4.46. The van der Waals surface area contributed by atoms with Crippen LogP contribution in [0.2, 0.25) is 0 Å². The Kier molecular flexibility index (Phi) is 3.07. The normalized spacial score (nSPS) is 28.2. The lowest BCUT2D eigenvalue weighted by Gasteiger charge is -2.38. The molecule has 4 nitrogen and oxygen atoms in total. The molecule has 0 unspecified atom stereocenters. The molecule has 4 heteroatoms. The van der Waals surface area contributed by atoms with Crippen molar-refractivity contribution in [1.82, 2.24) is 15.4 Å². The van der Waals surface area contributed by atoms with Crippen LogP contribution < -0.4 is 5.32 Å². The Morgan fingerprint density at radius 2 is 2.13 bits per heavy atom. The van der Waals surface area contributed by atoms with Crippen LogP contribution in [0.3, 0.4) is 0 Å². The monoisotopic (exact) mass is 209 g/mol. The maximum Gasteiger partial charge on any atom is 0.133 e. The highest BCUT2D eigenvalue weighted by atomic mass is 16.5. The minimum Gasteiger partial charge on any atom is -0.361 e. The van der Waals surface area contributed by atoms with Crippen LogP contribution in [-0.2, 0) is 6.54 Å². The van der Waals surface area contributed by atoms with Gasteiger partial charge in [-0.15, -0.1) is 0 Å². The van der Waals surface area contributed by atoms with E-state index in [1.54, 1.807) is 0 Å². The molecule has 1 N–H and O–H groups in total. The molecule has 84 valence electrons. The van der Waals surface area contributed by atoms with Crippen molar-refractivity contribution in [3.63, 3.8) is 0 Å². The Hall–Kier alpha value is -0.870. The molecule has 1 saturated heterocycles. The van der Waals surface area contributed by atoms with Gasteiger partial charge in [-0.25, -0.2) is 0 Å². The first-order chi connectivity index (χ1) is 7.16. The van der Waals surface area contributed by atoms with Crippen molar-refractivity contribution in [2.75, 3.05) is 13.1 Å². The van der Waals surface area contributed by atoms with Crippen LogP contribution in [0.4, 0.5) is 0 Å². The molecule has 0 aliphatic carbocycles. The van der Waals surface area contributed by atoms with Crippen molar-refractivity contribution in [1.29, 1.82) is 0 Å². The summed E-state index contributed by atoms with van der Waals surface area (Å²) in [6.07, 6.45) is 0. The van der Waals surface area contributed by atoms with Gasteiger partial charge in [0, 0.05) is 37.8 Å². The number of nitrogens with zero attached hydrogens (tertiary/aromatic N) is 2. The summed E-state index contributed by atoms with van der Waals surface area (Å²) in [5.41, 5.74) is 1.04. The van der Waals surface area contributed by atoms with E-state index in [-0.39, 0.29) is 0 Å². The minimum atomic E-state index is 0.561. The lowest BCUT2D eigenvalue weighted by atomic mass is 10.1. The molecule has 0 bridgehead atoms. The summed E-state index contributed by atoms with van der Waals surface area (Å²) >= 11 is 0. The van der Waals surface area contributed by atoms with Gasteiger partial charge in [-0.2, -0.15) is 0 Å². The van der Waals surface area contributed by atoms with E-state index in [0.29, 0.717) is 12.1 Å². The number of aromatic nitrogens is 1. The minimum absolute atomic E-state index is 0.561. The SMILES string of the molecule is Cc1cc(CN2[C@H](C)CNC[C@@H]2C)no1. The molecule has 1 aromatic heterocycles. The average molecular weight is 209 g/mol. The zero-order chi connectivity index (χ0) is 10.8. The fourth-order valence-electron chi connectivity index (χ4n) is 2.16. The van der Waals surface area contributed by atoms with Gasteiger partial charge >= 0.3 is 0 Å². The Morgan fingerprint density at radius 3 is 2.67 bits per heavy atom. The number of hydrogen-bond acceptors (Lipinski definition) is 4. The molecule has 0 spiro atoms. The maximum absolute atomic E-state index is 5.08. The van der Waals surface area contributed by atoms with Crippen LogP contribution in [0.1, 0.15) is 25.3 Å². The zero-order valence-electron chi connectivity index (χ0n) is 9.66. The fraction of sp³-hybridized carbons (Fsp3) is 0.727. The van der Waals surface area contributed by atoms with E-state index in [2.05, 4.69) is 29.2 Å². The van der Waals surface area contributed by atoms with Gasteiger partial charge in [0.15, 0.2) is 0 Å². The third-order valence-corrected chi connectivity index (χ3v) is 3.03. The number of nitrogens with one attached hydrogen (secondary N) is 1. The predicted molar refractivity (Wildman–Crippen MR) is 58.6 cm³/mol. The summed E-state index contributed by atoms with van der Waals surface area (Å²) in [5, 5.41) is 7.46. The third-order valence-electron chi connectivity index (χ3n) is 3.03. The van der Waals surface area contributed by atoms with Gasteiger partial charge in [0.1, 0.15) is 5.76 Å². The first kappa shape index (κ1) is 10.6. The van der Waals surface area contributed by atoms with E-state index in [1.807, 2.05) is 13.0 Å². The van der Waals surface area contributed by atoms with Crippen LogP contribution in [0.15, 0.2) is 10.6 Å². The predicted octanol–water partition coefficient (Wildman–Crippen LogP) is 1.17. The topological polar surface area (TPSA) is 41.3 Å². The fourth-order valence-corrected chi connectivity index (χ4v) is 2.16. The van der Waals surface area contributed by atoms with Gasteiger partial charge < -0.3 is 9.84 Å². The van der Waals surface area contributed by atoms with Crippen LogP contribution >= 0.6 is 0 Å². The molecule has 0 radical (unpaired) electrons. The summed E-state index contributed by atoms with van der Waals surface area (Å²) < 4.78 is 5.08. The molecule has 1 fully saturated rings. The summed E-state index contributed by atoms with van der Waals surface area (Å²) in [6, 6.07) is 3.14. The molecule has 0 saturated carbocycles. The van der Waals surface area contributed by atoms with Gasteiger partial charge in [0.25, 0.3) is 0 Å². The molecule has 15 heavy (non-hydrogen) atoms. The van der Waals surface area contributed by atoms with Crippen molar-refractivity contribution in [2.24, 2.45) is 0 Å². The molecular weight excluding hydrogens is 190 g/mol. The van der Waals surface area contributed by atoms with E-state index in [0.717, 1.165) is 31.1 Å². The van der Waals surface area contributed by atoms with Crippen molar-refractivity contribution in [3.8, 4) is 0 Å². The van der Waals surface area contributed by atoms with Crippen LogP contribution in [-0.4, -0.2) is 35.2 Å². The van der Waals surface area contributed by atoms with Gasteiger partial charge in [-0.3, -0.25) is 4.90 Å². The Balaban J connectivity index is 2.03. The van der Waals surface area contributed by atoms with Crippen molar-refractivity contribution < 1.29 is 4.52 Å². The lowest BCUT2D eigenvalue weighted by Crippen LogP contribution is -2.54. The molecule has 1 aliphatic heterocycles. The molecule has 2 atom stereocenters. The standard InChI is InChI=1S/C11H19N3O/c1-8-5-12-6-9(2)14(8)7-11-4-10(3)15-13-11/h4,8-9,12H,5-7H2,1-3H3/t8-,9+. The van der Waals surface area contributed by atoms with Gasteiger partial charge in [0.05, 0.1) is 5.69 Å². The molecule has 0 aromatic carbocycles. The Labute approximate surface area is 90.6 Å². The molecular formula is C11H19N3O. The van der Waals surface area contributed by atoms with Crippen molar-refractivity contribution in [2.45, 2.75) is 39.4 Å². The highest BCUT2D eigenvalue weighted by Gasteiger charge is 2.24. The Morgan fingerprint density at radius 1 is 1.47 bits per heavy atom. The highest BCUT2D eigenvalue weighted by molar-refractivity contribution is 5.04. The number of piperazine rings is 1. The molecule has 2 heterocycles. The highest BCUT2D eigenvalue weighted by Crippen LogP contribution is 2.14. The first-order valence-corrected chi connectivity index (χ1v) is 5.55. The molecule has 0 amide bonds. The average Bonchev–Trinajstić information content (AvgIpc) is 2.58. The first-order valence-electron chi connectivity index (χ1n) is 5.55. The van der Waals surface area contributed by atoms with Gasteiger partial charge in [0.2, 0.25) is 0 Å². The summed E-state index contributed by atoms with van der Waals surface area (Å²) in [6.45, 7) is 9.43. The summed E-state index contributed by atoms with van der Waals surface area (Å²) in [7, 11) is 0. The van der Waals surface area contributed by atoms with Crippen LogP contribution in [0, 0.1) is 6.92 Å².